The number of halogens is 6. The highest BCUT2D eigenvalue weighted by atomic mass is 35.5. The Balaban J connectivity index is 1.27. The van der Waals surface area contributed by atoms with Crippen LogP contribution in [0.4, 0.5) is 39.8 Å². The quantitative estimate of drug-likeness (QED) is 0.0761. The van der Waals surface area contributed by atoms with E-state index in [0.717, 1.165) is 16.7 Å². The number of anilines is 3. The van der Waals surface area contributed by atoms with Gasteiger partial charge < -0.3 is 33.5 Å². The van der Waals surface area contributed by atoms with Gasteiger partial charge in [0, 0.05) is 24.8 Å². The monoisotopic (exact) mass is 1030 g/mol. The van der Waals surface area contributed by atoms with Gasteiger partial charge in [-0.25, -0.2) is 24.1 Å². The number of methoxy groups -OCH3 is 3. The maximum atomic E-state index is 17.8. The fourth-order valence-corrected chi connectivity index (χ4v) is 9.06. The summed E-state index contributed by atoms with van der Waals surface area (Å²) in [7, 11) is 4.65. The zero-order chi connectivity index (χ0) is 51.6. The molecule has 0 aliphatic carbocycles. The molecule has 0 spiro atoms. The molecule has 13 nitrogen and oxygen atoms in total. The lowest BCUT2D eigenvalue weighted by Crippen LogP contribution is -2.38. The molecule has 4 aromatic carbocycles. The number of benzene rings is 4. The van der Waals surface area contributed by atoms with E-state index in [0.29, 0.717) is 22.8 Å². The lowest BCUT2D eigenvalue weighted by Gasteiger charge is -2.33. The Morgan fingerprint density at radius 2 is 1.38 bits per heavy atom. The number of amides is 1. The van der Waals surface area contributed by atoms with Crippen molar-refractivity contribution < 1.29 is 46.0 Å². The number of rotatable bonds is 14. The van der Waals surface area contributed by atoms with Crippen molar-refractivity contribution in [3.05, 3.63) is 147 Å². The molecule has 3 aromatic heterocycles. The Kier molecular flexibility index (Phi) is 14.9. The zero-order valence-corrected chi connectivity index (χ0v) is 42.2. The average molecular weight is 1030 g/mol. The van der Waals surface area contributed by atoms with Gasteiger partial charge in [0.1, 0.15) is 52.4 Å². The SMILES string of the molecule is COc1ccc(CN(Cc2ccc(OC)cc2)c2cc(C)c(C(F)(F)F)c(-c3c(Cl)c4c5c(nc(Cl)nc5c3F)N([C@H](C)c3cccnc3N(Cc3ccc(OC)cc3)C(=O)OC(C)(C)C)CCO4)n2)cc1. The predicted octanol–water partition coefficient (Wildman–Crippen LogP) is 13.0. The molecule has 7 aromatic rings. The summed E-state index contributed by atoms with van der Waals surface area (Å²) in [5, 5.41) is -0.925. The molecule has 0 N–H and O–H groups in total. The van der Waals surface area contributed by atoms with Crippen LogP contribution in [0.1, 0.15) is 67.1 Å². The first-order chi connectivity index (χ1) is 34.3. The summed E-state index contributed by atoms with van der Waals surface area (Å²) in [5.41, 5.74) is -1.35. The summed E-state index contributed by atoms with van der Waals surface area (Å²) >= 11 is 13.8. The van der Waals surface area contributed by atoms with Crippen LogP contribution in [0.25, 0.3) is 22.2 Å². The van der Waals surface area contributed by atoms with E-state index in [1.807, 2.05) is 43.3 Å². The van der Waals surface area contributed by atoms with Crippen LogP contribution >= 0.6 is 23.2 Å². The highest BCUT2D eigenvalue weighted by Gasteiger charge is 2.41. The van der Waals surface area contributed by atoms with E-state index < -0.39 is 62.4 Å². The molecule has 376 valence electrons. The molecule has 1 amide bonds. The lowest BCUT2D eigenvalue weighted by molar-refractivity contribution is -0.137. The molecule has 72 heavy (non-hydrogen) atoms. The van der Waals surface area contributed by atoms with E-state index in [1.54, 1.807) is 107 Å². The van der Waals surface area contributed by atoms with Crippen molar-refractivity contribution in [1.82, 2.24) is 19.9 Å². The zero-order valence-electron chi connectivity index (χ0n) is 40.7. The first kappa shape index (κ1) is 51.3. The molecule has 4 heterocycles. The molecule has 19 heteroatoms. The summed E-state index contributed by atoms with van der Waals surface area (Å²) in [6.45, 7) is 8.80. The third kappa shape index (κ3) is 10.9. The molecule has 0 unspecified atom stereocenters. The number of hydrogen-bond donors (Lipinski definition) is 0. The van der Waals surface area contributed by atoms with Crippen molar-refractivity contribution in [3.63, 3.8) is 0 Å². The summed E-state index contributed by atoms with van der Waals surface area (Å²) in [5.74, 6) is 0.897. The third-order valence-corrected chi connectivity index (χ3v) is 12.5. The number of ether oxygens (including phenoxy) is 5. The van der Waals surface area contributed by atoms with Gasteiger partial charge in [-0.1, -0.05) is 54.1 Å². The number of pyridine rings is 2. The Hall–Kier alpha value is -7.11. The highest BCUT2D eigenvalue weighted by Crippen LogP contribution is 2.51. The number of aryl methyl sites for hydroxylation is 1. The third-order valence-electron chi connectivity index (χ3n) is 12.0. The van der Waals surface area contributed by atoms with E-state index in [1.165, 1.54) is 17.9 Å². The molecule has 0 fully saturated rings. The predicted molar refractivity (Wildman–Crippen MR) is 269 cm³/mol. The normalized spacial score (nSPS) is 13.0. The van der Waals surface area contributed by atoms with Crippen molar-refractivity contribution in [1.29, 1.82) is 0 Å². The van der Waals surface area contributed by atoms with Gasteiger partial charge in [-0.05, 0) is 117 Å². The molecule has 0 radical (unpaired) electrons. The molecule has 0 bridgehead atoms. The van der Waals surface area contributed by atoms with E-state index in [9.17, 15) is 4.79 Å². The molecular formula is C53H51Cl2F4N7O6. The Morgan fingerprint density at radius 1 is 0.819 bits per heavy atom. The first-order valence-corrected chi connectivity index (χ1v) is 23.5. The van der Waals surface area contributed by atoms with Crippen LogP contribution < -0.4 is 33.6 Å². The molecule has 8 rings (SSSR count). The van der Waals surface area contributed by atoms with Gasteiger partial charge in [-0.2, -0.15) is 18.2 Å². The average Bonchev–Trinajstić information content (AvgIpc) is 3.54. The van der Waals surface area contributed by atoms with Crippen LogP contribution in [-0.4, -0.2) is 66.1 Å². The van der Waals surface area contributed by atoms with Gasteiger partial charge in [-0.3, -0.25) is 4.90 Å². The smallest absolute Gasteiger partial charge is 0.418 e. The second-order valence-corrected chi connectivity index (χ2v) is 18.7. The van der Waals surface area contributed by atoms with Gasteiger partial charge in [0.15, 0.2) is 11.6 Å². The second-order valence-electron chi connectivity index (χ2n) is 18.0. The Morgan fingerprint density at radius 3 is 1.90 bits per heavy atom. The number of carbonyl (C=O) groups excluding carboxylic acids is 1. The van der Waals surface area contributed by atoms with Crippen LogP contribution in [0, 0.1) is 12.7 Å². The molecular weight excluding hydrogens is 978 g/mol. The van der Waals surface area contributed by atoms with Crippen molar-refractivity contribution in [2.45, 2.75) is 72.1 Å². The minimum absolute atomic E-state index is 0.0373. The molecule has 1 aliphatic rings. The summed E-state index contributed by atoms with van der Waals surface area (Å²) in [6.07, 6.45) is -4.14. The largest absolute Gasteiger partial charge is 0.497 e. The van der Waals surface area contributed by atoms with Crippen molar-refractivity contribution >= 4 is 57.7 Å². The Bertz CT molecular complexity index is 3060. The van der Waals surface area contributed by atoms with E-state index in [4.69, 9.17) is 46.9 Å². The number of alkyl halides is 3. The number of aromatic nitrogens is 4. The van der Waals surface area contributed by atoms with Crippen LogP contribution in [0.2, 0.25) is 10.3 Å². The standard InChI is InChI=1S/C53H51Cl2F4N7O6/c1-30-26-39(64(27-32-11-17-35(68-6)18-12-32)28-33-13-19-36(69-7)20-14-33)61-45(42(30)53(57,58)59)40-43(54)47-41-46(44(40)56)62-50(55)63-49(41)65(24-25-71-47)31(2)38-10-9-23-60-48(38)66(51(67)72-52(3,4)5)29-34-15-21-37(70-8)22-16-34/h9-23,26,31H,24-25,27-29H2,1-8H3/t31-/m1/s1. The highest BCUT2D eigenvalue weighted by molar-refractivity contribution is 6.37. The maximum Gasteiger partial charge on any atom is 0.418 e. The number of nitrogens with zero attached hydrogens (tertiary/aromatic N) is 7. The molecule has 1 atom stereocenters. The summed E-state index contributed by atoms with van der Waals surface area (Å²) < 4.78 is 92.3. The number of hydrogen-bond acceptors (Lipinski definition) is 12. The van der Waals surface area contributed by atoms with Gasteiger partial charge in [0.25, 0.3) is 0 Å². The van der Waals surface area contributed by atoms with Crippen molar-refractivity contribution in [2.24, 2.45) is 0 Å². The van der Waals surface area contributed by atoms with E-state index >= 15 is 17.6 Å². The van der Waals surface area contributed by atoms with Crippen LogP contribution in [0.3, 0.4) is 0 Å². The topological polar surface area (TPSA) is 125 Å². The minimum atomic E-state index is -5.02. The fraction of sp³-hybridized carbons (Fsp3) is 0.302. The maximum absolute atomic E-state index is 17.8. The molecule has 0 saturated heterocycles. The van der Waals surface area contributed by atoms with E-state index in [-0.39, 0.29) is 66.9 Å². The van der Waals surface area contributed by atoms with Crippen LogP contribution in [-0.2, 0) is 30.5 Å². The molecule has 1 aliphatic heterocycles. The van der Waals surface area contributed by atoms with Gasteiger partial charge >= 0.3 is 12.3 Å². The van der Waals surface area contributed by atoms with E-state index in [2.05, 4.69) is 19.9 Å². The van der Waals surface area contributed by atoms with Crippen molar-refractivity contribution in [2.75, 3.05) is 49.2 Å². The first-order valence-electron chi connectivity index (χ1n) is 22.7. The second kappa shape index (κ2) is 20.9. The fourth-order valence-electron chi connectivity index (χ4n) is 8.57. The van der Waals surface area contributed by atoms with Gasteiger partial charge in [0.05, 0.1) is 67.7 Å². The van der Waals surface area contributed by atoms with Gasteiger partial charge in [0.2, 0.25) is 5.28 Å². The number of carbonyl (C=O) groups is 1. The summed E-state index contributed by atoms with van der Waals surface area (Å²) in [4.78, 5) is 37.2. The molecule has 0 saturated carbocycles. The van der Waals surface area contributed by atoms with Crippen LogP contribution in [0.5, 0.6) is 23.0 Å². The minimum Gasteiger partial charge on any atom is -0.497 e. The van der Waals surface area contributed by atoms with Crippen LogP contribution in [0.15, 0.2) is 97.2 Å². The van der Waals surface area contributed by atoms with Crippen molar-refractivity contribution in [3.8, 4) is 34.3 Å². The Labute approximate surface area is 424 Å². The summed E-state index contributed by atoms with van der Waals surface area (Å²) in [6, 6.07) is 25.8. The lowest BCUT2D eigenvalue weighted by atomic mass is 9.98. The van der Waals surface area contributed by atoms with Gasteiger partial charge in [-0.15, -0.1) is 0 Å².